The van der Waals surface area contributed by atoms with E-state index in [9.17, 15) is 26.4 Å². The molecule has 1 heterocycles. The maximum atomic E-state index is 13.8. The van der Waals surface area contributed by atoms with Crippen molar-refractivity contribution < 1.29 is 35.9 Å². The number of carbonyl (C=O) groups is 1. The Bertz CT molecular complexity index is 1290. The Kier molecular flexibility index (Phi) is 10.2. The minimum atomic E-state index is -4.81. The predicted molar refractivity (Wildman–Crippen MR) is 143 cm³/mol. The summed E-state index contributed by atoms with van der Waals surface area (Å²) in [7, 11) is 2.95. The van der Waals surface area contributed by atoms with E-state index in [1.807, 2.05) is 19.0 Å². The van der Waals surface area contributed by atoms with E-state index in [0.717, 1.165) is 17.0 Å². The van der Waals surface area contributed by atoms with Gasteiger partial charge in [0, 0.05) is 31.9 Å². The molecule has 11 nitrogen and oxygen atoms in total. The Morgan fingerprint density at radius 1 is 1.18 bits per heavy atom. The molecule has 0 spiro atoms. The second-order valence-electron chi connectivity index (χ2n) is 9.80. The molecule has 0 bridgehead atoms. The van der Waals surface area contributed by atoms with Crippen LogP contribution in [0.25, 0.3) is 0 Å². The lowest BCUT2D eigenvalue weighted by molar-refractivity contribution is -0.140. The molecular formula is C25H35F3N6O5S. The molecule has 15 heteroatoms. The number of amides is 1. The van der Waals surface area contributed by atoms with Crippen LogP contribution in [-0.4, -0.2) is 93.2 Å². The highest BCUT2D eigenvalue weighted by molar-refractivity contribution is 7.88. The lowest BCUT2D eigenvalue weighted by atomic mass is 9.92. The number of aromatic nitrogens is 2. The number of ether oxygens (including phenoxy) is 2. The highest BCUT2D eigenvalue weighted by atomic mass is 32.2. The average molecular weight is 589 g/mol. The molecule has 2 atom stereocenters. The Labute approximate surface area is 232 Å². The monoisotopic (exact) mass is 588 g/mol. The third-order valence-corrected chi connectivity index (χ3v) is 7.85. The lowest BCUT2D eigenvalue weighted by Gasteiger charge is -2.36. The molecule has 0 unspecified atom stereocenters. The molecule has 0 radical (unpaired) electrons. The van der Waals surface area contributed by atoms with Gasteiger partial charge in [-0.05, 0) is 51.6 Å². The number of nitrogens with one attached hydrogen (secondary N) is 2. The number of anilines is 2. The summed E-state index contributed by atoms with van der Waals surface area (Å²) in [5.41, 5.74) is -0.539. The zero-order chi connectivity index (χ0) is 29.7. The summed E-state index contributed by atoms with van der Waals surface area (Å²) in [5, 5.41) is 5.62. The Morgan fingerprint density at radius 3 is 2.50 bits per heavy atom. The quantitative estimate of drug-likeness (QED) is 0.407. The van der Waals surface area contributed by atoms with E-state index < -0.39 is 39.8 Å². The van der Waals surface area contributed by atoms with Gasteiger partial charge in [-0.3, -0.25) is 4.79 Å². The van der Waals surface area contributed by atoms with E-state index in [2.05, 4.69) is 20.6 Å². The summed E-state index contributed by atoms with van der Waals surface area (Å²) in [4.78, 5) is 22.2. The fourth-order valence-corrected chi connectivity index (χ4v) is 5.02. The number of hydrogen-bond acceptors (Lipinski definition) is 9. The number of hydrogen-bond donors (Lipinski definition) is 2. The van der Waals surface area contributed by atoms with E-state index >= 15 is 0 Å². The standard InChI is InChI=1S/C25H35F3N6O5S/c1-33(2)13-12-29-22(35)16-10-11-18(21(14-16)38-4)31-24-30-15-17(25(26,27)28)23(32-24)39-20-9-7-6-8-19(20)34(3)40(5,36)37/h10-11,14-15,19-20H,6-9,12-13H2,1-5H3,(H,29,35)(H,30,31,32)/t19-,20-/m1/s1. The molecule has 0 aliphatic heterocycles. The van der Waals surface area contributed by atoms with Gasteiger partial charge in [-0.1, -0.05) is 6.42 Å². The van der Waals surface area contributed by atoms with E-state index in [0.29, 0.717) is 49.8 Å². The van der Waals surface area contributed by atoms with Crippen molar-refractivity contribution in [1.82, 2.24) is 24.5 Å². The SMILES string of the molecule is COc1cc(C(=O)NCCN(C)C)ccc1Nc1ncc(C(F)(F)F)c(O[C@@H]2CCCC[C@H]2N(C)S(C)(=O)=O)n1. The van der Waals surface area contributed by atoms with Gasteiger partial charge in [-0.25, -0.2) is 13.4 Å². The molecule has 1 aliphatic carbocycles. The number of alkyl halides is 3. The van der Waals surface area contributed by atoms with Crippen LogP contribution in [0.15, 0.2) is 24.4 Å². The van der Waals surface area contributed by atoms with Crippen LogP contribution < -0.4 is 20.1 Å². The molecule has 1 aromatic heterocycles. The van der Waals surface area contributed by atoms with Crippen LogP contribution in [0.5, 0.6) is 11.6 Å². The van der Waals surface area contributed by atoms with Crippen LogP contribution in [0, 0.1) is 0 Å². The third kappa shape index (κ3) is 8.17. The average Bonchev–Trinajstić information content (AvgIpc) is 2.87. The van der Waals surface area contributed by atoms with E-state index in [1.165, 1.54) is 32.4 Å². The summed E-state index contributed by atoms with van der Waals surface area (Å²) < 4.78 is 78.0. The van der Waals surface area contributed by atoms with Crippen LogP contribution in [0.3, 0.4) is 0 Å². The Balaban J connectivity index is 1.87. The maximum Gasteiger partial charge on any atom is 0.423 e. The first-order valence-corrected chi connectivity index (χ1v) is 14.5. The number of nitrogens with zero attached hydrogens (tertiary/aromatic N) is 4. The molecule has 40 heavy (non-hydrogen) atoms. The number of rotatable bonds is 11. The smallest absolute Gasteiger partial charge is 0.423 e. The van der Waals surface area contributed by atoms with E-state index in [-0.39, 0.29) is 17.6 Å². The van der Waals surface area contributed by atoms with Crippen molar-refractivity contribution >= 4 is 27.6 Å². The minimum absolute atomic E-state index is 0.201. The number of halogens is 3. The summed E-state index contributed by atoms with van der Waals surface area (Å²) >= 11 is 0. The molecule has 1 saturated carbocycles. The van der Waals surface area contributed by atoms with Crippen molar-refractivity contribution in [2.45, 2.75) is 44.0 Å². The van der Waals surface area contributed by atoms with Crippen molar-refractivity contribution in [2.24, 2.45) is 0 Å². The second-order valence-corrected chi connectivity index (χ2v) is 11.8. The highest BCUT2D eigenvalue weighted by Gasteiger charge is 2.40. The minimum Gasteiger partial charge on any atom is -0.495 e. The van der Waals surface area contributed by atoms with Crippen molar-refractivity contribution in [3.05, 3.63) is 35.5 Å². The fourth-order valence-electron chi connectivity index (χ4n) is 4.28. The Hall–Kier alpha value is -3.17. The van der Waals surface area contributed by atoms with Crippen LogP contribution >= 0.6 is 0 Å². The van der Waals surface area contributed by atoms with Crippen LogP contribution in [0.2, 0.25) is 0 Å². The van der Waals surface area contributed by atoms with Crippen LogP contribution in [0.4, 0.5) is 24.8 Å². The van der Waals surface area contributed by atoms with Crippen molar-refractivity contribution in [2.75, 3.05) is 52.9 Å². The van der Waals surface area contributed by atoms with Gasteiger partial charge in [0.2, 0.25) is 21.9 Å². The van der Waals surface area contributed by atoms with Gasteiger partial charge in [0.25, 0.3) is 5.91 Å². The van der Waals surface area contributed by atoms with E-state index in [1.54, 1.807) is 0 Å². The predicted octanol–water partition coefficient (Wildman–Crippen LogP) is 3.12. The summed E-state index contributed by atoms with van der Waals surface area (Å²) in [6.07, 6.45) is -1.80. The molecule has 1 aromatic carbocycles. The summed E-state index contributed by atoms with van der Waals surface area (Å²) in [6, 6.07) is 3.90. The fraction of sp³-hybridized carbons (Fsp3) is 0.560. The van der Waals surface area contributed by atoms with Gasteiger partial charge >= 0.3 is 6.18 Å². The number of likely N-dealkylation sites (N-methyl/N-ethyl adjacent to an activating group) is 2. The molecule has 3 rings (SSSR count). The number of benzene rings is 1. The van der Waals surface area contributed by atoms with Crippen LogP contribution in [-0.2, 0) is 16.2 Å². The first kappa shape index (κ1) is 31.4. The number of sulfonamides is 1. The van der Waals surface area contributed by atoms with Crippen LogP contribution in [0.1, 0.15) is 41.6 Å². The first-order chi connectivity index (χ1) is 18.7. The molecule has 1 aliphatic rings. The second kappa shape index (κ2) is 13.0. The first-order valence-electron chi connectivity index (χ1n) is 12.6. The van der Waals surface area contributed by atoms with Crippen molar-refractivity contribution in [3.8, 4) is 11.6 Å². The van der Waals surface area contributed by atoms with E-state index in [4.69, 9.17) is 9.47 Å². The lowest BCUT2D eigenvalue weighted by Crippen LogP contribution is -2.48. The molecule has 2 N–H and O–H groups in total. The van der Waals surface area contributed by atoms with Gasteiger partial charge in [0.05, 0.1) is 25.1 Å². The molecule has 1 amide bonds. The van der Waals surface area contributed by atoms with Gasteiger partial charge in [-0.2, -0.15) is 22.5 Å². The molecular weight excluding hydrogens is 553 g/mol. The zero-order valence-corrected chi connectivity index (χ0v) is 23.9. The highest BCUT2D eigenvalue weighted by Crippen LogP contribution is 2.38. The Morgan fingerprint density at radius 2 is 1.88 bits per heavy atom. The molecule has 0 saturated heterocycles. The van der Waals surface area contributed by atoms with Gasteiger partial charge in [0.15, 0.2) is 0 Å². The van der Waals surface area contributed by atoms with Crippen molar-refractivity contribution in [3.63, 3.8) is 0 Å². The topological polar surface area (TPSA) is 126 Å². The largest absolute Gasteiger partial charge is 0.495 e. The summed E-state index contributed by atoms with van der Waals surface area (Å²) in [6.45, 7) is 1.10. The molecule has 1 fully saturated rings. The van der Waals surface area contributed by atoms with Crippen molar-refractivity contribution in [1.29, 1.82) is 0 Å². The molecule has 222 valence electrons. The number of carbonyl (C=O) groups excluding carboxylic acids is 1. The maximum absolute atomic E-state index is 13.8. The van der Waals surface area contributed by atoms with Gasteiger partial charge in [-0.15, -0.1) is 0 Å². The molecule has 2 aromatic rings. The normalized spacial score (nSPS) is 18.1. The zero-order valence-electron chi connectivity index (χ0n) is 23.1. The van der Waals surface area contributed by atoms with Gasteiger partial charge in [0.1, 0.15) is 17.4 Å². The van der Waals surface area contributed by atoms with Gasteiger partial charge < -0.3 is 25.0 Å². The number of methoxy groups -OCH3 is 1. The summed E-state index contributed by atoms with van der Waals surface area (Å²) in [5.74, 6) is -0.976. The third-order valence-electron chi connectivity index (χ3n) is 6.53.